The van der Waals surface area contributed by atoms with E-state index in [-0.39, 0.29) is 0 Å². The molecule has 0 aliphatic heterocycles. The fraction of sp³-hybridized carbons (Fsp3) is 0.438. The molecule has 4 heteroatoms. The van der Waals surface area contributed by atoms with Gasteiger partial charge < -0.3 is 5.32 Å². The van der Waals surface area contributed by atoms with Crippen LogP contribution < -0.4 is 5.32 Å². The average Bonchev–Trinajstić information content (AvgIpc) is 2.89. The van der Waals surface area contributed by atoms with Crippen LogP contribution in [-0.4, -0.2) is 17.6 Å². The van der Waals surface area contributed by atoms with E-state index in [0.29, 0.717) is 12.0 Å². The molecule has 1 heterocycles. The Morgan fingerprint density at radius 3 is 2.80 bits per heavy atom. The van der Waals surface area contributed by atoms with Crippen molar-refractivity contribution >= 4 is 27.3 Å². The van der Waals surface area contributed by atoms with Gasteiger partial charge in [0.15, 0.2) is 0 Å². The maximum absolute atomic E-state index is 4.42. The van der Waals surface area contributed by atoms with Gasteiger partial charge in [-0.1, -0.05) is 41.9 Å². The van der Waals surface area contributed by atoms with Crippen LogP contribution in [0.25, 0.3) is 0 Å². The molecule has 1 aromatic carbocycles. The van der Waals surface area contributed by atoms with Crippen molar-refractivity contribution in [3.63, 3.8) is 0 Å². The maximum Gasteiger partial charge on any atom is 0.0928 e. The lowest BCUT2D eigenvalue weighted by Crippen LogP contribution is -2.31. The summed E-state index contributed by atoms with van der Waals surface area (Å²) >= 11 is 5.30. The predicted octanol–water partition coefficient (Wildman–Crippen LogP) is 4.31. The third-order valence-corrected chi connectivity index (χ3v) is 4.47. The van der Waals surface area contributed by atoms with Gasteiger partial charge in [0, 0.05) is 28.5 Å². The summed E-state index contributed by atoms with van der Waals surface area (Å²) in [7, 11) is 0. The molecule has 2 aromatic rings. The Labute approximate surface area is 133 Å². The third-order valence-electron chi connectivity index (χ3n) is 3.17. The van der Waals surface area contributed by atoms with E-state index in [9.17, 15) is 0 Å². The van der Waals surface area contributed by atoms with Crippen molar-refractivity contribution in [2.45, 2.75) is 32.7 Å². The number of halogens is 1. The lowest BCUT2D eigenvalue weighted by molar-refractivity contribution is 0.443. The van der Waals surface area contributed by atoms with Crippen LogP contribution in [0.2, 0.25) is 0 Å². The third kappa shape index (κ3) is 5.35. The first-order valence-electron chi connectivity index (χ1n) is 6.99. The fourth-order valence-corrected chi connectivity index (χ4v) is 3.40. The minimum atomic E-state index is 0.524. The van der Waals surface area contributed by atoms with Crippen molar-refractivity contribution < 1.29 is 0 Å². The maximum atomic E-state index is 4.42. The molecule has 108 valence electrons. The first kappa shape index (κ1) is 15.7. The number of aromatic nitrogens is 1. The molecule has 0 aliphatic rings. The molecule has 0 spiro atoms. The van der Waals surface area contributed by atoms with E-state index >= 15 is 0 Å². The highest BCUT2D eigenvalue weighted by Crippen LogP contribution is 2.19. The summed E-state index contributed by atoms with van der Waals surface area (Å²) in [5.74, 6) is 0.581. The molecule has 0 saturated heterocycles. The summed E-state index contributed by atoms with van der Waals surface area (Å²) in [6.45, 7) is 5.42. The Balaban J connectivity index is 2.01. The van der Waals surface area contributed by atoms with Gasteiger partial charge in [-0.2, -0.15) is 0 Å². The molecule has 1 aromatic heterocycles. The molecule has 0 amide bonds. The van der Waals surface area contributed by atoms with Gasteiger partial charge in [-0.15, -0.1) is 11.3 Å². The van der Waals surface area contributed by atoms with Gasteiger partial charge in [0.25, 0.3) is 0 Å². The smallest absolute Gasteiger partial charge is 0.0928 e. The molecule has 1 unspecified atom stereocenters. The molecule has 0 aliphatic carbocycles. The highest BCUT2D eigenvalue weighted by Gasteiger charge is 2.13. The Morgan fingerprint density at radius 2 is 2.15 bits per heavy atom. The minimum absolute atomic E-state index is 0.524. The Morgan fingerprint density at radius 1 is 1.30 bits per heavy atom. The van der Waals surface area contributed by atoms with Gasteiger partial charge in [-0.05, 0) is 36.6 Å². The van der Waals surface area contributed by atoms with Crippen molar-refractivity contribution in [2.75, 3.05) is 6.54 Å². The lowest BCUT2D eigenvalue weighted by Gasteiger charge is -2.18. The van der Waals surface area contributed by atoms with Gasteiger partial charge in [-0.3, -0.25) is 0 Å². The largest absolute Gasteiger partial charge is 0.314 e. The predicted molar refractivity (Wildman–Crippen MR) is 90.3 cm³/mol. The standard InChI is InChI=1S/C16H21BrN2S/c1-12(2)19-11-14(10-16-18-6-7-20-16)8-13-4-3-5-15(17)9-13/h3-7,9,12,14,19H,8,10-11H2,1-2H3. The zero-order chi connectivity index (χ0) is 14.4. The molecule has 0 fully saturated rings. The Kier molecular flexibility index (Phi) is 6.20. The van der Waals surface area contributed by atoms with Gasteiger partial charge in [0.05, 0.1) is 5.01 Å². The summed E-state index contributed by atoms with van der Waals surface area (Å²) in [5, 5.41) is 6.85. The molecule has 1 atom stereocenters. The van der Waals surface area contributed by atoms with Gasteiger partial charge in [-0.25, -0.2) is 4.98 Å². The van der Waals surface area contributed by atoms with Crippen LogP contribution >= 0.6 is 27.3 Å². The number of rotatable bonds is 7. The highest BCUT2D eigenvalue weighted by molar-refractivity contribution is 9.10. The SMILES string of the molecule is CC(C)NCC(Cc1cccc(Br)c1)Cc1nccs1. The number of hydrogen-bond donors (Lipinski definition) is 1. The number of thiazole rings is 1. The van der Waals surface area contributed by atoms with E-state index in [4.69, 9.17) is 0 Å². The summed E-state index contributed by atoms with van der Waals surface area (Å²) in [6.07, 6.45) is 4.02. The number of nitrogens with zero attached hydrogens (tertiary/aromatic N) is 1. The molecule has 20 heavy (non-hydrogen) atoms. The summed E-state index contributed by atoms with van der Waals surface area (Å²) in [5.41, 5.74) is 1.38. The summed E-state index contributed by atoms with van der Waals surface area (Å²) in [4.78, 5) is 4.42. The van der Waals surface area contributed by atoms with Crippen LogP contribution in [0.3, 0.4) is 0 Å². The van der Waals surface area contributed by atoms with Crippen molar-refractivity contribution in [1.29, 1.82) is 0 Å². The topological polar surface area (TPSA) is 24.9 Å². The highest BCUT2D eigenvalue weighted by atomic mass is 79.9. The molecule has 2 nitrogen and oxygen atoms in total. The monoisotopic (exact) mass is 352 g/mol. The van der Waals surface area contributed by atoms with E-state index in [1.165, 1.54) is 10.6 Å². The molecular weight excluding hydrogens is 332 g/mol. The van der Waals surface area contributed by atoms with Crippen LogP contribution in [0.4, 0.5) is 0 Å². The molecule has 0 saturated carbocycles. The number of nitrogens with one attached hydrogen (secondary N) is 1. The van der Waals surface area contributed by atoms with Crippen LogP contribution in [0.15, 0.2) is 40.3 Å². The minimum Gasteiger partial charge on any atom is -0.314 e. The Bertz CT molecular complexity index is 511. The van der Waals surface area contributed by atoms with Gasteiger partial charge >= 0.3 is 0 Å². The van der Waals surface area contributed by atoms with Crippen molar-refractivity contribution in [3.05, 3.63) is 50.9 Å². The first-order valence-corrected chi connectivity index (χ1v) is 8.67. The summed E-state index contributed by atoms with van der Waals surface area (Å²) in [6, 6.07) is 9.12. The molecule has 2 rings (SSSR count). The zero-order valence-electron chi connectivity index (χ0n) is 12.0. The van der Waals surface area contributed by atoms with E-state index in [2.05, 4.69) is 69.7 Å². The lowest BCUT2D eigenvalue weighted by atomic mass is 9.96. The molecule has 1 N–H and O–H groups in total. The van der Waals surface area contributed by atoms with Crippen molar-refractivity contribution in [1.82, 2.24) is 10.3 Å². The second-order valence-corrected chi connectivity index (χ2v) is 7.29. The second kappa shape index (κ2) is 7.91. The quantitative estimate of drug-likeness (QED) is 0.803. The van der Waals surface area contributed by atoms with Gasteiger partial charge in [0.2, 0.25) is 0 Å². The van der Waals surface area contributed by atoms with Crippen molar-refractivity contribution in [3.8, 4) is 0 Å². The molecule has 0 radical (unpaired) electrons. The van der Waals surface area contributed by atoms with Gasteiger partial charge in [0.1, 0.15) is 0 Å². The number of benzene rings is 1. The zero-order valence-corrected chi connectivity index (χ0v) is 14.4. The van der Waals surface area contributed by atoms with E-state index < -0.39 is 0 Å². The van der Waals surface area contributed by atoms with E-state index in [1.54, 1.807) is 11.3 Å². The van der Waals surface area contributed by atoms with Crippen molar-refractivity contribution in [2.24, 2.45) is 5.92 Å². The van der Waals surface area contributed by atoms with Crippen LogP contribution in [-0.2, 0) is 12.8 Å². The normalized spacial score (nSPS) is 12.8. The van der Waals surface area contributed by atoms with E-state index in [0.717, 1.165) is 23.9 Å². The van der Waals surface area contributed by atoms with E-state index in [1.807, 2.05) is 6.20 Å². The van der Waals surface area contributed by atoms with Crippen LogP contribution in [0, 0.1) is 5.92 Å². The van der Waals surface area contributed by atoms with Crippen LogP contribution in [0.5, 0.6) is 0 Å². The average molecular weight is 353 g/mol. The fourth-order valence-electron chi connectivity index (χ4n) is 2.22. The second-order valence-electron chi connectivity index (χ2n) is 5.39. The van der Waals surface area contributed by atoms with Crippen LogP contribution in [0.1, 0.15) is 24.4 Å². The first-order chi connectivity index (χ1) is 9.63. The molecular formula is C16H21BrN2S. The molecule has 0 bridgehead atoms. The summed E-state index contributed by atoms with van der Waals surface area (Å²) < 4.78 is 1.15. The Hall–Kier alpha value is -0.710. The number of hydrogen-bond acceptors (Lipinski definition) is 3.